The van der Waals surface area contributed by atoms with Crippen LogP contribution >= 0.6 is 0 Å². The third-order valence-electron chi connectivity index (χ3n) is 3.82. The van der Waals surface area contributed by atoms with Crippen molar-refractivity contribution in [3.8, 4) is 6.07 Å². The Morgan fingerprint density at radius 1 is 1.32 bits per heavy atom. The van der Waals surface area contributed by atoms with E-state index < -0.39 is 0 Å². The van der Waals surface area contributed by atoms with Crippen molar-refractivity contribution < 1.29 is 9.18 Å². The van der Waals surface area contributed by atoms with E-state index in [1.165, 1.54) is 12.1 Å². The number of nitrogens with zero attached hydrogens (tertiary/aromatic N) is 3. The van der Waals surface area contributed by atoms with Gasteiger partial charge in [0, 0.05) is 25.7 Å². The van der Waals surface area contributed by atoms with E-state index in [2.05, 4.69) is 15.6 Å². The standard InChI is InChI=1S/C18H16FN5O/c1-24-16-10-13(19)5-6-15(16)23-17(24)7-8-21-18(25)22-14-4-2-3-12(9-14)11-20/h2-6,9-10H,7-8H2,1H3,(H2,21,22,25). The summed E-state index contributed by atoms with van der Waals surface area (Å²) in [6, 6.07) is 12.8. The van der Waals surface area contributed by atoms with Crippen LogP contribution in [0.2, 0.25) is 0 Å². The van der Waals surface area contributed by atoms with Gasteiger partial charge in [-0.05, 0) is 36.4 Å². The van der Waals surface area contributed by atoms with Crippen LogP contribution in [0.4, 0.5) is 14.9 Å². The lowest BCUT2D eigenvalue weighted by molar-refractivity contribution is 0.252. The molecular weight excluding hydrogens is 321 g/mol. The van der Waals surface area contributed by atoms with Gasteiger partial charge in [0.15, 0.2) is 0 Å². The fourth-order valence-corrected chi connectivity index (χ4v) is 2.57. The number of imidazole rings is 1. The van der Waals surface area contributed by atoms with Crippen molar-refractivity contribution in [3.63, 3.8) is 0 Å². The zero-order chi connectivity index (χ0) is 17.8. The van der Waals surface area contributed by atoms with Crippen LogP contribution in [0.25, 0.3) is 11.0 Å². The molecule has 2 N–H and O–H groups in total. The molecule has 0 fully saturated rings. The molecule has 126 valence electrons. The second kappa shape index (κ2) is 7.01. The molecule has 0 atom stereocenters. The molecule has 1 aromatic heterocycles. The Labute approximate surface area is 143 Å². The lowest BCUT2D eigenvalue weighted by Gasteiger charge is -2.08. The monoisotopic (exact) mass is 337 g/mol. The van der Waals surface area contributed by atoms with Crippen LogP contribution < -0.4 is 10.6 Å². The molecule has 6 nitrogen and oxygen atoms in total. The molecule has 0 saturated heterocycles. The summed E-state index contributed by atoms with van der Waals surface area (Å²) in [5.74, 6) is 0.450. The highest BCUT2D eigenvalue weighted by Gasteiger charge is 2.09. The first kappa shape index (κ1) is 16.5. The molecule has 0 radical (unpaired) electrons. The third kappa shape index (κ3) is 3.75. The number of aryl methyl sites for hydroxylation is 1. The van der Waals surface area contributed by atoms with Crippen molar-refractivity contribution >= 4 is 22.8 Å². The highest BCUT2D eigenvalue weighted by Crippen LogP contribution is 2.16. The van der Waals surface area contributed by atoms with Gasteiger partial charge in [0.05, 0.1) is 22.7 Å². The first-order valence-electron chi connectivity index (χ1n) is 7.72. The van der Waals surface area contributed by atoms with E-state index in [1.54, 1.807) is 30.3 Å². The molecular formula is C18H16FN5O. The molecule has 1 heterocycles. The summed E-state index contributed by atoms with van der Waals surface area (Å²) in [6.45, 7) is 0.378. The molecule has 3 rings (SSSR count). The van der Waals surface area contributed by atoms with Crippen LogP contribution in [-0.2, 0) is 13.5 Å². The number of benzene rings is 2. The molecule has 0 aliphatic heterocycles. The maximum absolute atomic E-state index is 13.3. The van der Waals surface area contributed by atoms with Crippen molar-refractivity contribution in [3.05, 3.63) is 59.7 Å². The van der Waals surface area contributed by atoms with Gasteiger partial charge in [-0.25, -0.2) is 14.2 Å². The minimum absolute atomic E-state index is 0.306. The second-order valence-electron chi connectivity index (χ2n) is 5.54. The highest BCUT2D eigenvalue weighted by molar-refractivity contribution is 5.89. The van der Waals surface area contributed by atoms with Crippen LogP contribution in [0.15, 0.2) is 42.5 Å². The molecule has 0 aliphatic carbocycles. The number of fused-ring (bicyclic) bond motifs is 1. The van der Waals surface area contributed by atoms with E-state index in [0.717, 1.165) is 11.3 Å². The summed E-state index contributed by atoms with van der Waals surface area (Å²) in [7, 11) is 1.82. The highest BCUT2D eigenvalue weighted by atomic mass is 19.1. The minimum Gasteiger partial charge on any atom is -0.337 e. The Hall–Kier alpha value is -3.40. The average molecular weight is 337 g/mol. The van der Waals surface area contributed by atoms with Crippen molar-refractivity contribution in [1.29, 1.82) is 5.26 Å². The first-order valence-corrected chi connectivity index (χ1v) is 7.72. The fraction of sp³-hybridized carbons (Fsp3) is 0.167. The molecule has 0 saturated carbocycles. The summed E-state index contributed by atoms with van der Waals surface area (Å²) in [5, 5.41) is 14.3. The summed E-state index contributed by atoms with van der Waals surface area (Å²) in [5.41, 5.74) is 2.46. The van der Waals surface area contributed by atoms with E-state index in [1.807, 2.05) is 17.7 Å². The molecule has 0 unspecified atom stereocenters. The number of carbonyl (C=O) groups is 1. The third-order valence-corrected chi connectivity index (χ3v) is 3.82. The van der Waals surface area contributed by atoms with Gasteiger partial charge in [-0.1, -0.05) is 6.07 Å². The predicted octanol–water partition coefficient (Wildman–Crippen LogP) is 2.95. The normalized spacial score (nSPS) is 10.4. The Morgan fingerprint density at radius 3 is 2.96 bits per heavy atom. The van der Waals surface area contributed by atoms with Gasteiger partial charge in [-0.15, -0.1) is 0 Å². The number of hydrogen-bond donors (Lipinski definition) is 2. The van der Waals surface area contributed by atoms with Crippen molar-refractivity contribution in [1.82, 2.24) is 14.9 Å². The summed E-state index contributed by atoms with van der Waals surface area (Å²) >= 11 is 0. The molecule has 3 aromatic rings. The van der Waals surface area contributed by atoms with Crippen LogP contribution in [0, 0.1) is 17.1 Å². The van der Waals surface area contributed by atoms with Crippen molar-refractivity contribution in [2.45, 2.75) is 6.42 Å². The van der Waals surface area contributed by atoms with Crippen LogP contribution in [0.3, 0.4) is 0 Å². The van der Waals surface area contributed by atoms with E-state index >= 15 is 0 Å². The first-order chi connectivity index (χ1) is 12.1. The number of carbonyl (C=O) groups excluding carboxylic acids is 1. The number of urea groups is 1. The number of aromatic nitrogens is 2. The second-order valence-corrected chi connectivity index (χ2v) is 5.54. The minimum atomic E-state index is -0.361. The molecule has 2 aromatic carbocycles. The predicted molar refractivity (Wildman–Crippen MR) is 92.6 cm³/mol. The van der Waals surface area contributed by atoms with Gasteiger partial charge in [-0.2, -0.15) is 5.26 Å². The molecule has 25 heavy (non-hydrogen) atoms. The van der Waals surface area contributed by atoms with Gasteiger partial charge >= 0.3 is 6.03 Å². The Kier molecular flexibility index (Phi) is 4.61. The Morgan fingerprint density at radius 2 is 2.16 bits per heavy atom. The number of rotatable bonds is 4. The van der Waals surface area contributed by atoms with Gasteiger partial charge < -0.3 is 15.2 Å². The maximum atomic E-state index is 13.3. The summed E-state index contributed by atoms with van der Waals surface area (Å²) < 4.78 is 15.1. The number of hydrogen-bond acceptors (Lipinski definition) is 3. The largest absolute Gasteiger partial charge is 0.337 e. The molecule has 0 bridgehead atoms. The molecule has 7 heteroatoms. The summed E-state index contributed by atoms with van der Waals surface area (Å²) in [6.07, 6.45) is 0.512. The zero-order valence-electron chi connectivity index (χ0n) is 13.6. The van der Waals surface area contributed by atoms with E-state index in [-0.39, 0.29) is 11.8 Å². The average Bonchev–Trinajstić information content (AvgIpc) is 2.91. The fourth-order valence-electron chi connectivity index (χ4n) is 2.57. The van der Waals surface area contributed by atoms with E-state index in [9.17, 15) is 9.18 Å². The Balaban J connectivity index is 1.58. The maximum Gasteiger partial charge on any atom is 0.319 e. The van der Waals surface area contributed by atoms with Gasteiger partial charge in [0.2, 0.25) is 0 Å². The quantitative estimate of drug-likeness (QED) is 0.768. The SMILES string of the molecule is Cn1c(CCNC(=O)Nc2cccc(C#N)c2)nc2ccc(F)cc21. The van der Waals surface area contributed by atoms with E-state index in [0.29, 0.717) is 29.7 Å². The van der Waals surface area contributed by atoms with Crippen LogP contribution in [0.5, 0.6) is 0 Å². The van der Waals surface area contributed by atoms with Crippen LogP contribution in [0.1, 0.15) is 11.4 Å². The van der Waals surface area contributed by atoms with Crippen molar-refractivity contribution in [2.75, 3.05) is 11.9 Å². The summed E-state index contributed by atoms with van der Waals surface area (Å²) in [4.78, 5) is 16.4. The lowest BCUT2D eigenvalue weighted by Crippen LogP contribution is -2.30. The Bertz CT molecular complexity index is 973. The molecule has 2 amide bonds. The van der Waals surface area contributed by atoms with Crippen molar-refractivity contribution in [2.24, 2.45) is 7.05 Å². The van der Waals surface area contributed by atoms with Gasteiger partial charge in [-0.3, -0.25) is 0 Å². The lowest BCUT2D eigenvalue weighted by atomic mass is 10.2. The van der Waals surface area contributed by atoms with Gasteiger partial charge in [0.1, 0.15) is 11.6 Å². The topological polar surface area (TPSA) is 82.7 Å². The molecule has 0 spiro atoms. The number of amides is 2. The number of nitrogens with one attached hydrogen (secondary N) is 2. The van der Waals surface area contributed by atoms with Gasteiger partial charge in [0.25, 0.3) is 0 Å². The zero-order valence-corrected chi connectivity index (χ0v) is 13.6. The molecule has 0 aliphatic rings. The number of nitriles is 1. The number of anilines is 1. The van der Waals surface area contributed by atoms with Crippen LogP contribution in [-0.4, -0.2) is 22.1 Å². The van der Waals surface area contributed by atoms with E-state index in [4.69, 9.17) is 5.26 Å². The smallest absolute Gasteiger partial charge is 0.319 e. The number of halogens is 1.